The zero-order chi connectivity index (χ0) is 38.4. The van der Waals surface area contributed by atoms with E-state index >= 15 is 0 Å². The number of piperazine rings is 3. The molecule has 3 aliphatic heterocycles. The van der Waals surface area contributed by atoms with E-state index in [-0.39, 0.29) is 126 Å². The smallest absolute Gasteiger partial charge is 0.822 e. The predicted octanol–water partition coefficient (Wildman–Crippen LogP) is -16.4. The molecule has 0 saturated carbocycles. The Balaban J connectivity index is -0.000000311. The van der Waals surface area contributed by atoms with Gasteiger partial charge in [-0.3, -0.25) is 43.1 Å². The molecule has 0 atom stereocenters. The van der Waals surface area contributed by atoms with Crippen molar-refractivity contribution in [2.24, 2.45) is 0 Å². The van der Waals surface area contributed by atoms with Crippen LogP contribution in [-0.2, 0) is 34.9 Å². The zero-order valence-electron chi connectivity index (χ0n) is 31.1. The number of hydrogen-bond acceptors (Lipinski definition) is 19. The minimum absolute atomic E-state index is 0. The van der Waals surface area contributed by atoms with E-state index in [4.69, 9.17) is 48.2 Å². The molecular formula is C24H54N6Na3O16PS3. The van der Waals surface area contributed by atoms with E-state index < -0.39 is 38.2 Å². The second-order valence-electron chi connectivity index (χ2n) is 11.5. The van der Waals surface area contributed by atoms with E-state index in [1.165, 1.54) is 0 Å². The molecule has 0 aromatic heterocycles. The molecule has 0 unspecified atom stereocenters. The van der Waals surface area contributed by atoms with E-state index in [0.717, 1.165) is 78.5 Å². The van der Waals surface area contributed by atoms with Crippen LogP contribution in [0.5, 0.6) is 0 Å². The van der Waals surface area contributed by atoms with Crippen LogP contribution in [0.15, 0.2) is 0 Å². The first-order valence-electron chi connectivity index (χ1n) is 15.8. The normalized spacial score (nSPS) is 18.7. The van der Waals surface area contributed by atoms with Crippen molar-refractivity contribution in [1.29, 1.82) is 0 Å². The van der Waals surface area contributed by atoms with Crippen LogP contribution in [0.3, 0.4) is 0 Å². The number of aliphatic hydroxyl groups excluding tert-OH is 3. The van der Waals surface area contributed by atoms with Gasteiger partial charge in [-0.05, 0) is 0 Å². The fraction of sp³-hybridized carbons (Fsp3) is 1.00. The first-order chi connectivity index (χ1) is 23.0. The van der Waals surface area contributed by atoms with Gasteiger partial charge < -0.3 is 34.6 Å². The SMILES string of the molecule is O=P([O-])([O-])[O-].O=S(=O)(O)CCN1CCN(CCO)CC1.O=S(=O)(O)CCN1CCN(CCO)CC1.O=S(=O)(O)CCN1CCN(CCO)CC1.[Na+].[Na+].[Na+]. The minimum atomic E-state index is -5.39. The van der Waals surface area contributed by atoms with Gasteiger partial charge in [0.25, 0.3) is 30.4 Å². The van der Waals surface area contributed by atoms with Crippen molar-refractivity contribution in [3.63, 3.8) is 0 Å². The third-order valence-corrected chi connectivity index (χ3v) is 9.74. The summed E-state index contributed by atoms with van der Waals surface area (Å²) in [7, 11) is -16.9. The molecule has 3 fully saturated rings. The molecule has 302 valence electrons. The fourth-order valence-corrected chi connectivity index (χ4v) is 6.33. The van der Waals surface area contributed by atoms with E-state index in [1.54, 1.807) is 0 Å². The van der Waals surface area contributed by atoms with Gasteiger partial charge in [0.15, 0.2) is 0 Å². The maximum atomic E-state index is 10.5. The molecule has 0 spiro atoms. The molecule has 0 bridgehead atoms. The summed E-state index contributed by atoms with van der Waals surface area (Å²) in [5, 5.41) is 26.2. The molecule has 53 heavy (non-hydrogen) atoms. The van der Waals surface area contributed by atoms with Crippen molar-refractivity contribution < 1.29 is 162 Å². The van der Waals surface area contributed by atoms with Crippen molar-refractivity contribution in [1.82, 2.24) is 29.4 Å². The molecule has 3 rings (SSSR count). The first-order valence-corrected chi connectivity index (χ1v) is 22.1. The maximum absolute atomic E-state index is 10.5. The average Bonchev–Trinajstić information content (AvgIpc) is 2.99. The van der Waals surface area contributed by atoms with Crippen molar-refractivity contribution in [3.05, 3.63) is 0 Å². The molecule has 3 saturated heterocycles. The van der Waals surface area contributed by atoms with Crippen LogP contribution < -0.4 is 103 Å². The predicted molar refractivity (Wildman–Crippen MR) is 177 cm³/mol. The van der Waals surface area contributed by atoms with Gasteiger partial charge in [0.2, 0.25) is 0 Å². The van der Waals surface area contributed by atoms with Crippen molar-refractivity contribution in [2.45, 2.75) is 0 Å². The summed E-state index contributed by atoms with van der Waals surface area (Å²) >= 11 is 0. The Morgan fingerprint density at radius 3 is 0.642 bits per heavy atom. The fourth-order valence-electron chi connectivity index (χ4n) is 4.87. The number of hydrogen-bond donors (Lipinski definition) is 6. The van der Waals surface area contributed by atoms with Crippen molar-refractivity contribution in [3.8, 4) is 0 Å². The summed E-state index contributed by atoms with van der Waals surface area (Å²) in [5.41, 5.74) is 0. The molecule has 3 heterocycles. The van der Waals surface area contributed by atoms with E-state index in [0.29, 0.717) is 39.3 Å². The summed E-state index contributed by atoms with van der Waals surface area (Å²) in [6, 6.07) is 0. The molecule has 3 aliphatic rings. The van der Waals surface area contributed by atoms with Crippen LogP contribution in [0.1, 0.15) is 0 Å². The molecule has 0 aromatic carbocycles. The van der Waals surface area contributed by atoms with E-state index in [1.807, 2.05) is 14.7 Å². The third kappa shape index (κ3) is 42.4. The summed E-state index contributed by atoms with van der Waals surface area (Å²) in [4.78, 5) is 38.0. The minimum Gasteiger partial charge on any atom is -0.822 e. The zero-order valence-corrected chi connectivity index (χ0v) is 40.4. The maximum Gasteiger partial charge on any atom is 1.00 e. The summed E-state index contributed by atoms with van der Waals surface area (Å²) < 4.78 is 97.5. The molecule has 22 nitrogen and oxygen atoms in total. The Bertz CT molecular complexity index is 1120. The second-order valence-corrected chi connectivity index (χ2v) is 17.1. The Hall–Kier alpha value is 2.48. The first kappa shape index (κ1) is 62.1. The number of aliphatic hydroxyl groups is 3. The van der Waals surface area contributed by atoms with Crippen LogP contribution >= 0.6 is 7.82 Å². The Labute approximate surface area is 380 Å². The molecular weight excluding hydrogens is 824 g/mol. The van der Waals surface area contributed by atoms with Crippen LogP contribution in [0.25, 0.3) is 0 Å². The monoisotopic (exact) mass is 878 g/mol. The molecule has 0 aliphatic carbocycles. The number of β-amino-alcohol motifs (C(OH)–C–C–N with tert-alkyl or cyclic N) is 3. The molecule has 6 N–H and O–H groups in total. The van der Waals surface area contributed by atoms with Gasteiger partial charge in [0.05, 0.1) is 37.1 Å². The van der Waals surface area contributed by atoms with Crippen molar-refractivity contribution in [2.75, 3.05) is 155 Å². The quantitative estimate of drug-likeness (QED) is 0.0505. The summed E-state index contributed by atoms with van der Waals surface area (Å²) in [5.74, 6) is -0.604. The Kier molecular flexibility index (Phi) is 39.0. The van der Waals surface area contributed by atoms with Gasteiger partial charge in [-0.15, -0.1) is 0 Å². The number of nitrogens with zero attached hydrogens (tertiary/aromatic N) is 6. The Morgan fingerprint density at radius 2 is 0.528 bits per heavy atom. The largest absolute Gasteiger partial charge is 1.00 e. The van der Waals surface area contributed by atoms with E-state index in [9.17, 15) is 25.3 Å². The second kappa shape index (κ2) is 33.2. The molecule has 0 radical (unpaired) electrons. The number of rotatable bonds is 15. The van der Waals surface area contributed by atoms with Crippen LogP contribution in [-0.4, -0.2) is 239 Å². The molecule has 29 heteroatoms. The van der Waals surface area contributed by atoms with Gasteiger partial charge in [-0.2, -0.15) is 33.1 Å². The average molecular weight is 879 g/mol. The molecule has 0 aromatic rings. The van der Waals surface area contributed by atoms with Gasteiger partial charge in [0, 0.05) is 118 Å². The number of phosphoric acid groups is 1. The summed E-state index contributed by atoms with van der Waals surface area (Å²) in [6.07, 6.45) is 0. The van der Waals surface area contributed by atoms with Gasteiger partial charge in [0.1, 0.15) is 0 Å². The summed E-state index contributed by atoms with van der Waals surface area (Å²) in [6.45, 7) is 13.4. The Morgan fingerprint density at radius 1 is 0.396 bits per heavy atom. The standard InChI is InChI=1S/3C8H18N2O4S.3Na.H3O4P/c3*11-7-5-9-1-3-10(4-2-9)6-8-15(12,13)14;;;;1-5(2,3)4/h3*11H,1-8H2,(H,12,13,14);;;;(H3,1,2,3,4)/q;;;3*+1;/p-3. The third-order valence-electron chi connectivity index (χ3n) is 7.64. The van der Waals surface area contributed by atoms with Gasteiger partial charge in [-0.1, -0.05) is 0 Å². The van der Waals surface area contributed by atoms with E-state index in [2.05, 4.69) is 14.7 Å². The molecule has 0 amide bonds. The van der Waals surface area contributed by atoms with Crippen LogP contribution in [0.4, 0.5) is 0 Å². The van der Waals surface area contributed by atoms with Gasteiger partial charge >= 0.3 is 88.7 Å². The van der Waals surface area contributed by atoms with Crippen LogP contribution in [0, 0.1) is 0 Å². The van der Waals surface area contributed by atoms with Gasteiger partial charge in [-0.25, -0.2) is 0 Å². The van der Waals surface area contributed by atoms with Crippen LogP contribution in [0.2, 0.25) is 0 Å². The van der Waals surface area contributed by atoms with Crippen molar-refractivity contribution >= 4 is 38.2 Å². The topological polar surface area (TPSA) is 329 Å².